The quantitative estimate of drug-likeness (QED) is 0.521. The predicted octanol–water partition coefficient (Wildman–Crippen LogP) is 2.70. The van der Waals surface area contributed by atoms with Gasteiger partial charge in [0.15, 0.2) is 0 Å². The number of aromatic nitrogens is 1. The van der Waals surface area contributed by atoms with Crippen LogP contribution in [-0.2, 0) is 10.5 Å². The van der Waals surface area contributed by atoms with Gasteiger partial charge in [0.25, 0.3) is 5.91 Å². The van der Waals surface area contributed by atoms with Crippen molar-refractivity contribution >= 4 is 63.2 Å². The lowest BCUT2D eigenvalue weighted by atomic mass is 10.3. The highest BCUT2D eigenvalue weighted by molar-refractivity contribution is 7.98. The Morgan fingerprint density at radius 2 is 2.14 bits per heavy atom. The molecule has 0 unspecified atom stereocenters. The largest absolute Gasteiger partial charge is 0.379 e. The van der Waals surface area contributed by atoms with Crippen LogP contribution < -0.4 is 16.4 Å². The van der Waals surface area contributed by atoms with E-state index in [2.05, 4.69) is 19.9 Å². The summed E-state index contributed by atoms with van der Waals surface area (Å²) in [5.41, 5.74) is 5.75. The Balaban J connectivity index is 1.53. The van der Waals surface area contributed by atoms with Crippen molar-refractivity contribution in [3.05, 3.63) is 26.9 Å². The van der Waals surface area contributed by atoms with Crippen molar-refractivity contribution in [2.24, 2.45) is 5.73 Å². The molecule has 0 atom stereocenters. The fourth-order valence-corrected chi connectivity index (χ4v) is 5.64. The maximum absolute atomic E-state index is 12.2. The topological polar surface area (TPSA) is 110 Å². The van der Waals surface area contributed by atoms with E-state index >= 15 is 0 Å². The number of primary amides is 1. The number of amides is 3. The molecule has 4 N–H and O–H groups in total. The van der Waals surface area contributed by atoms with Crippen LogP contribution in [0.25, 0.3) is 0 Å². The van der Waals surface area contributed by atoms with Crippen LogP contribution in [0.5, 0.6) is 0 Å². The first kappa shape index (κ1) is 21.3. The van der Waals surface area contributed by atoms with Gasteiger partial charge < -0.3 is 15.8 Å². The summed E-state index contributed by atoms with van der Waals surface area (Å²) in [4.78, 5) is 27.3. The van der Waals surface area contributed by atoms with Gasteiger partial charge in [-0.2, -0.15) is 4.37 Å². The van der Waals surface area contributed by atoms with Crippen LogP contribution in [0.3, 0.4) is 0 Å². The first-order valence-corrected chi connectivity index (χ1v) is 11.5. The Hall–Kier alpha value is -1.37. The normalized spacial score (nSPS) is 14.8. The number of carbonyl (C=O) groups is 2. The fraction of sp³-hybridized carbons (Fsp3) is 0.438. The molecule has 0 aromatic carbocycles. The molecule has 0 aliphatic carbocycles. The lowest BCUT2D eigenvalue weighted by molar-refractivity contribution is 0.0388. The standard InChI is InChI=1S/C16H20ClN5O3S3/c17-11-2-1-10(27-11)9-26-15-12(13(18)23)14(28-21-15)20-16(24)19-3-4-22-5-7-25-8-6-22/h1-2H,3-9H2,(H2,18,23)(H2,19,20,24). The summed E-state index contributed by atoms with van der Waals surface area (Å²) >= 11 is 9.83. The van der Waals surface area contributed by atoms with Crippen molar-refractivity contribution in [3.63, 3.8) is 0 Å². The molecule has 3 rings (SSSR count). The van der Waals surface area contributed by atoms with E-state index in [-0.39, 0.29) is 11.6 Å². The first-order valence-electron chi connectivity index (χ1n) is 8.54. The number of nitrogens with zero attached hydrogens (tertiary/aromatic N) is 2. The number of nitrogens with one attached hydrogen (secondary N) is 2. The SMILES string of the molecule is NC(=O)c1c(SCc2ccc(Cl)s2)nsc1NC(=O)NCCN1CCOCC1. The molecule has 1 fully saturated rings. The molecule has 0 radical (unpaired) electrons. The van der Waals surface area contributed by atoms with Crippen molar-refractivity contribution in [2.75, 3.05) is 44.7 Å². The van der Waals surface area contributed by atoms with E-state index in [1.165, 1.54) is 23.1 Å². The van der Waals surface area contributed by atoms with Crippen molar-refractivity contribution in [3.8, 4) is 0 Å². The number of hydrogen-bond acceptors (Lipinski definition) is 8. The van der Waals surface area contributed by atoms with Crippen LogP contribution >= 0.6 is 46.2 Å². The van der Waals surface area contributed by atoms with Crippen LogP contribution in [0, 0.1) is 0 Å². The molecule has 12 heteroatoms. The Morgan fingerprint density at radius 1 is 1.36 bits per heavy atom. The number of morpholine rings is 1. The summed E-state index contributed by atoms with van der Waals surface area (Å²) in [6.45, 7) is 4.39. The van der Waals surface area contributed by atoms with Gasteiger partial charge in [0.05, 0.1) is 17.6 Å². The second-order valence-corrected chi connectivity index (χ2v) is 9.42. The van der Waals surface area contributed by atoms with Crippen LogP contribution in [0.1, 0.15) is 15.2 Å². The maximum atomic E-state index is 12.2. The van der Waals surface area contributed by atoms with Gasteiger partial charge >= 0.3 is 6.03 Å². The molecule has 0 saturated carbocycles. The number of anilines is 1. The summed E-state index contributed by atoms with van der Waals surface area (Å²) in [6.07, 6.45) is 0. The van der Waals surface area contributed by atoms with E-state index in [0.29, 0.717) is 39.9 Å². The van der Waals surface area contributed by atoms with Crippen LogP contribution in [-0.4, -0.2) is 60.6 Å². The molecule has 0 bridgehead atoms. The van der Waals surface area contributed by atoms with E-state index in [1.807, 2.05) is 12.1 Å². The molecular weight excluding hydrogens is 442 g/mol. The Morgan fingerprint density at radius 3 is 2.82 bits per heavy atom. The van der Waals surface area contributed by atoms with Crippen LogP contribution in [0.15, 0.2) is 17.2 Å². The molecule has 1 aliphatic rings. The summed E-state index contributed by atoms with van der Waals surface area (Å²) in [6, 6.07) is 3.37. The highest BCUT2D eigenvalue weighted by Gasteiger charge is 2.21. The minimum atomic E-state index is -0.621. The highest BCUT2D eigenvalue weighted by Crippen LogP contribution is 2.35. The molecule has 3 heterocycles. The molecule has 0 spiro atoms. The number of thiophene rings is 1. The van der Waals surface area contributed by atoms with Gasteiger partial charge in [0.1, 0.15) is 15.6 Å². The van der Waals surface area contributed by atoms with E-state index in [0.717, 1.165) is 36.0 Å². The number of rotatable bonds is 8. The highest BCUT2D eigenvalue weighted by atomic mass is 35.5. The molecule has 152 valence electrons. The van der Waals surface area contributed by atoms with Crippen LogP contribution in [0.4, 0.5) is 9.80 Å². The summed E-state index contributed by atoms with van der Waals surface area (Å²) < 4.78 is 10.3. The fourth-order valence-electron chi connectivity index (χ4n) is 2.55. The Labute approximate surface area is 179 Å². The maximum Gasteiger partial charge on any atom is 0.319 e. The zero-order chi connectivity index (χ0) is 19.9. The van der Waals surface area contributed by atoms with Gasteiger partial charge in [-0.3, -0.25) is 15.0 Å². The zero-order valence-electron chi connectivity index (χ0n) is 14.9. The average Bonchev–Trinajstić information content (AvgIpc) is 3.26. The molecule has 2 aromatic rings. The number of nitrogens with two attached hydrogens (primary N) is 1. The number of ether oxygens (including phenoxy) is 1. The number of urea groups is 1. The third-order valence-corrected chi connectivity index (χ3v) is 7.25. The second-order valence-electron chi connectivity index (χ2n) is 5.89. The van der Waals surface area contributed by atoms with Gasteiger partial charge in [-0.1, -0.05) is 23.4 Å². The van der Waals surface area contributed by atoms with Crippen molar-refractivity contribution < 1.29 is 14.3 Å². The minimum absolute atomic E-state index is 0.237. The lowest BCUT2D eigenvalue weighted by Gasteiger charge is -2.26. The van der Waals surface area contributed by atoms with E-state index in [9.17, 15) is 9.59 Å². The number of hydrogen-bond donors (Lipinski definition) is 3. The van der Waals surface area contributed by atoms with E-state index in [4.69, 9.17) is 22.1 Å². The minimum Gasteiger partial charge on any atom is -0.379 e. The van der Waals surface area contributed by atoms with Gasteiger partial charge in [-0.25, -0.2) is 4.79 Å². The van der Waals surface area contributed by atoms with Crippen molar-refractivity contribution in [1.82, 2.24) is 14.6 Å². The monoisotopic (exact) mass is 461 g/mol. The lowest BCUT2D eigenvalue weighted by Crippen LogP contribution is -2.42. The number of carbonyl (C=O) groups excluding carboxylic acids is 2. The first-order chi connectivity index (χ1) is 13.5. The Kier molecular flexibility index (Phi) is 7.94. The number of halogens is 1. The van der Waals surface area contributed by atoms with Crippen LogP contribution in [0.2, 0.25) is 4.34 Å². The molecule has 1 saturated heterocycles. The van der Waals surface area contributed by atoms with Crippen molar-refractivity contribution in [2.45, 2.75) is 10.8 Å². The molecule has 28 heavy (non-hydrogen) atoms. The van der Waals surface area contributed by atoms with Gasteiger partial charge in [0, 0.05) is 36.8 Å². The molecule has 8 nitrogen and oxygen atoms in total. The van der Waals surface area contributed by atoms with Crippen molar-refractivity contribution in [1.29, 1.82) is 0 Å². The molecule has 1 aliphatic heterocycles. The summed E-state index contributed by atoms with van der Waals surface area (Å²) in [7, 11) is 0. The Bertz CT molecular complexity index is 822. The van der Waals surface area contributed by atoms with E-state index in [1.54, 1.807) is 0 Å². The summed E-state index contributed by atoms with van der Waals surface area (Å²) in [5, 5.41) is 6.33. The van der Waals surface area contributed by atoms with Gasteiger partial charge in [0.2, 0.25) is 0 Å². The average molecular weight is 462 g/mol. The zero-order valence-corrected chi connectivity index (χ0v) is 18.1. The van der Waals surface area contributed by atoms with Gasteiger partial charge in [-0.15, -0.1) is 11.3 Å². The van der Waals surface area contributed by atoms with E-state index < -0.39 is 5.91 Å². The van der Waals surface area contributed by atoms with Gasteiger partial charge in [-0.05, 0) is 23.7 Å². The predicted molar refractivity (Wildman–Crippen MR) is 114 cm³/mol. The smallest absolute Gasteiger partial charge is 0.319 e. The second kappa shape index (κ2) is 10.4. The molecule has 3 amide bonds. The number of thioether (sulfide) groups is 1. The molecular formula is C16H20ClN5O3S3. The third-order valence-electron chi connectivity index (χ3n) is 3.93. The summed E-state index contributed by atoms with van der Waals surface area (Å²) in [5.74, 6) is -0.00358. The third kappa shape index (κ3) is 6.06. The molecule has 2 aromatic heterocycles.